The van der Waals surface area contributed by atoms with Crippen molar-refractivity contribution >= 4 is 35.3 Å². The fourth-order valence-corrected chi connectivity index (χ4v) is 2.42. The lowest BCUT2D eigenvalue weighted by molar-refractivity contribution is -0.145. The lowest BCUT2D eigenvalue weighted by Gasteiger charge is -2.13. The second-order valence-electron chi connectivity index (χ2n) is 6.08. The lowest BCUT2D eigenvalue weighted by Crippen LogP contribution is -2.37. The first-order valence-electron chi connectivity index (χ1n) is 8.46. The number of nitrogens with zero attached hydrogens (tertiary/aromatic N) is 2. The van der Waals surface area contributed by atoms with E-state index < -0.39 is 36.8 Å². The van der Waals surface area contributed by atoms with Gasteiger partial charge in [-0.25, -0.2) is 4.79 Å². The van der Waals surface area contributed by atoms with Crippen LogP contribution in [0.2, 0.25) is 0 Å². The van der Waals surface area contributed by atoms with Gasteiger partial charge in [0, 0.05) is 24.7 Å². The highest BCUT2D eigenvalue weighted by atomic mass is 16.5. The maximum atomic E-state index is 12.1. The molecular weight excluding hydrogens is 354 g/mol. The summed E-state index contributed by atoms with van der Waals surface area (Å²) < 4.78 is 4.86. The maximum Gasteiger partial charge on any atom is 0.327 e. The average molecular weight is 375 g/mol. The number of carbonyl (C=O) groups excluding carboxylic acids is 5. The number of nitrogens with one attached hydrogen (secondary N) is 1. The van der Waals surface area contributed by atoms with Crippen molar-refractivity contribution in [2.45, 2.75) is 19.8 Å². The molecule has 144 valence electrons. The van der Waals surface area contributed by atoms with Crippen LogP contribution in [-0.2, 0) is 19.1 Å². The van der Waals surface area contributed by atoms with Crippen LogP contribution in [0, 0.1) is 0 Å². The van der Waals surface area contributed by atoms with Crippen molar-refractivity contribution in [2.24, 2.45) is 0 Å². The smallest absolute Gasteiger partial charge is 0.327 e. The minimum absolute atomic E-state index is 0.0911. The number of Topliss-reactive ketones (excluding diaryl/α,β-unsaturated/α-hetero) is 1. The van der Waals surface area contributed by atoms with E-state index in [0.29, 0.717) is 17.7 Å². The Kier molecular flexibility index (Phi) is 6.64. The molecule has 4 amide bonds. The predicted octanol–water partition coefficient (Wildman–Crippen LogP) is 1.05. The number of ketones is 1. The Bertz CT molecular complexity index is 759. The number of rotatable bonds is 8. The second-order valence-corrected chi connectivity index (χ2v) is 6.08. The largest absolute Gasteiger partial charge is 0.456 e. The number of benzene rings is 1. The van der Waals surface area contributed by atoms with Gasteiger partial charge in [-0.2, -0.15) is 0 Å². The third-order valence-electron chi connectivity index (χ3n) is 3.85. The molecule has 9 heteroatoms. The van der Waals surface area contributed by atoms with Gasteiger partial charge in [-0.05, 0) is 30.7 Å². The molecule has 1 N–H and O–H groups in total. The predicted molar refractivity (Wildman–Crippen MR) is 95.0 cm³/mol. The van der Waals surface area contributed by atoms with Crippen molar-refractivity contribution in [1.29, 1.82) is 0 Å². The van der Waals surface area contributed by atoms with Crippen molar-refractivity contribution in [2.75, 3.05) is 32.1 Å². The highest BCUT2D eigenvalue weighted by Gasteiger charge is 2.35. The Morgan fingerprint density at radius 1 is 1.15 bits per heavy atom. The Morgan fingerprint density at radius 2 is 1.81 bits per heavy atom. The Hall–Kier alpha value is -3.23. The number of anilines is 1. The molecule has 0 radical (unpaired) electrons. The van der Waals surface area contributed by atoms with Gasteiger partial charge in [0.15, 0.2) is 12.4 Å². The van der Waals surface area contributed by atoms with Gasteiger partial charge in [-0.3, -0.25) is 24.1 Å². The van der Waals surface area contributed by atoms with Gasteiger partial charge in [0.2, 0.25) is 5.91 Å². The molecule has 1 aliphatic rings. The lowest BCUT2D eigenvalue weighted by atomic mass is 10.1. The first-order chi connectivity index (χ1) is 12.8. The zero-order valence-electron chi connectivity index (χ0n) is 15.2. The standard InChI is InChI=1S/C18H21N3O6/c1-3-4-15(23)19-13-7-5-12(6-8-13)14(22)11-27-17(25)10-21-16(24)9-20(2)18(21)26/h5-8H,3-4,9-11H2,1-2H3,(H,19,23). The summed E-state index contributed by atoms with van der Waals surface area (Å²) in [5, 5.41) is 2.70. The van der Waals surface area contributed by atoms with Crippen LogP contribution in [0.3, 0.4) is 0 Å². The summed E-state index contributed by atoms with van der Waals surface area (Å²) in [5.74, 6) is -1.89. The molecule has 1 saturated heterocycles. The number of amides is 4. The quantitative estimate of drug-likeness (QED) is 0.413. The summed E-state index contributed by atoms with van der Waals surface area (Å²) in [4.78, 5) is 60.6. The fraction of sp³-hybridized carbons (Fsp3) is 0.389. The SMILES string of the molecule is CCCC(=O)Nc1ccc(C(=O)COC(=O)CN2C(=O)CN(C)C2=O)cc1. The maximum absolute atomic E-state index is 12.1. The van der Waals surface area contributed by atoms with E-state index in [2.05, 4.69) is 5.32 Å². The fourth-order valence-electron chi connectivity index (χ4n) is 2.42. The zero-order valence-corrected chi connectivity index (χ0v) is 15.2. The van der Waals surface area contributed by atoms with Crippen molar-refractivity contribution in [3.8, 4) is 0 Å². The van der Waals surface area contributed by atoms with Crippen molar-refractivity contribution in [3.05, 3.63) is 29.8 Å². The molecule has 2 rings (SSSR count). The molecule has 0 bridgehead atoms. The summed E-state index contributed by atoms with van der Waals surface area (Å²) in [6.07, 6.45) is 1.15. The molecule has 27 heavy (non-hydrogen) atoms. The molecule has 0 unspecified atom stereocenters. The monoisotopic (exact) mass is 375 g/mol. The Morgan fingerprint density at radius 3 is 2.37 bits per heavy atom. The minimum atomic E-state index is -0.844. The van der Waals surface area contributed by atoms with Crippen molar-refractivity contribution in [1.82, 2.24) is 9.80 Å². The van der Waals surface area contributed by atoms with E-state index in [1.165, 1.54) is 24.1 Å². The molecule has 0 aliphatic carbocycles. The van der Waals surface area contributed by atoms with E-state index in [4.69, 9.17) is 4.74 Å². The van der Waals surface area contributed by atoms with Crippen LogP contribution in [-0.4, -0.2) is 66.1 Å². The van der Waals surface area contributed by atoms with Gasteiger partial charge in [-0.1, -0.05) is 6.92 Å². The van der Waals surface area contributed by atoms with Crippen LogP contribution in [0.25, 0.3) is 0 Å². The van der Waals surface area contributed by atoms with E-state index in [-0.39, 0.29) is 12.5 Å². The number of likely N-dealkylation sites (N-methyl/N-ethyl adjacent to an activating group) is 1. The molecule has 9 nitrogen and oxygen atoms in total. The summed E-state index contributed by atoms with van der Waals surface area (Å²) in [6.45, 7) is 0.771. The molecule has 1 aromatic rings. The molecule has 0 atom stereocenters. The number of imide groups is 1. The normalized spacial score (nSPS) is 13.7. The van der Waals surface area contributed by atoms with Crippen molar-refractivity contribution in [3.63, 3.8) is 0 Å². The van der Waals surface area contributed by atoms with Gasteiger partial charge >= 0.3 is 12.0 Å². The third-order valence-corrected chi connectivity index (χ3v) is 3.85. The highest BCUT2D eigenvalue weighted by Crippen LogP contribution is 2.12. The van der Waals surface area contributed by atoms with E-state index in [1.54, 1.807) is 12.1 Å². The number of ether oxygens (including phenoxy) is 1. The number of hydrogen-bond acceptors (Lipinski definition) is 6. The molecule has 0 saturated carbocycles. The summed E-state index contributed by atoms with van der Waals surface area (Å²) in [7, 11) is 1.45. The van der Waals surface area contributed by atoms with E-state index in [9.17, 15) is 24.0 Å². The molecule has 0 spiro atoms. The van der Waals surface area contributed by atoms with Crippen LogP contribution in [0.4, 0.5) is 10.5 Å². The van der Waals surface area contributed by atoms with Crippen LogP contribution < -0.4 is 5.32 Å². The molecule has 0 aromatic heterocycles. The van der Waals surface area contributed by atoms with Crippen LogP contribution in [0.1, 0.15) is 30.1 Å². The van der Waals surface area contributed by atoms with E-state index >= 15 is 0 Å². The number of esters is 1. The number of hydrogen-bond donors (Lipinski definition) is 1. The summed E-state index contributed by atoms with van der Waals surface area (Å²) in [5.41, 5.74) is 0.876. The zero-order chi connectivity index (χ0) is 20.0. The topological polar surface area (TPSA) is 113 Å². The molecular formula is C18H21N3O6. The first kappa shape index (κ1) is 20.1. The molecule has 1 aliphatic heterocycles. The third kappa shape index (κ3) is 5.37. The first-order valence-corrected chi connectivity index (χ1v) is 8.46. The Balaban J connectivity index is 1.83. The molecule has 1 heterocycles. The Labute approximate surface area is 156 Å². The van der Waals surface area contributed by atoms with Crippen LogP contribution in [0.5, 0.6) is 0 Å². The summed E-state index contributed by atoms with van der Waals surface area (Å²) >= 11 is 0. The summed E-state index contributed by atoms with van der Waals surface area (Å²) in [6, 6.07) is 5.62. The van der Waals surface area contributed by atoms with Crippen LogP contribution >= 0.6 is 0 Å². The second kappa shape index (κ2) is 8.93. The molecule has 1 aromatic carbocycles. The number of urea groups is 1. The number of carbonyl (C=O) groups is 5. The van der Waals surface area contributed by atoms with Gasteiger partial charge in [0.05, 0.1) is 0 Å². The minimum Gasteiger partial charge on any atom is -0.456 e. The van der Waals surface area contributed by atoms with Gasteiger partial charge in [0.1, 0.15) is 13.1 Å². The van der Waals surface area contributed by atoms with Gasteiger partial charge in [-0.15, -0.1) is 0 Å². The highest BCUT2D eigenvalue weighted by molar-refractivity contribution is 6.04. The van der Waals surface area contributed by atoms with E-state index in [1.807, 2.05) is 6.92 Å². The average Bonchev–Trinajstić information content (AvgIpc) is 2.86. The van der Waals surface area contributed by atoms with Crippen LogP contribution in [0.15, 0.2) is 24.3 Å². The van der Waals surface area contributed by atoms with Gasteiger partial charge < -0.3 is 15.0 Å². The molecule has 1 fully saturated rings. The van der Waals surface area contributed by atoms with Gasteiger partial charge in [0.25, 0.3) is 5.91 Å². The van der Waals surface area contributed by atoms with E-state index in [0.717, 1.165) is 11.3 Å². The van der Waals surface area contributed by atoms with Crippen molar-refractivity contribution < 1.29 is 28.7 Å².